The Morgan fingerprint density at radius 1 is 0.919 bits per heavy atom. The fourth-order valence-electron chi connectivity index (χ4n) is 4.73. The van der Waals surface area contributed by atoms with Crippen molar-refractivity contribution < 1.29 is 23.5 Å². The van der Waals surface area contributed by atoms with Crippen molar-refractivity contribution in [3.63, 3.8) is 0 Å². The molecule has 1 unspecified atom stereocenters. The molecule has 0 bridgehead atoms. The zero-order valence-corrected chi connectivity index (χ0v) is 20.9. The van der Waals surface area contributed by atoms with E-state index in [4.69, 9.17) is 4.74 Å². The minimum atomic E-state index is -0.300. The molecule has 0 radical (unpaired) electrons. The predicted molar refractivity (Wildman–Crippen MR) is 139 cm³/mol. The fourth-order valence-corrected chi connectivity index (χ4v) is 4.73. The number of nitrogens with zero attached hydrogens (tertiary/aromatic N) is 1. The van der Waals surface area contributed by atoms with Gasteiger partial charge in [0.15, 0.2) is 0 Å². The van der Waals surface area contributed by atoms with Crippen LogP contribution in [0.2, 0.25) is 0 Å². The van der Waals surface area contributed by atoms with Crippen LogP contribution in [0.4, 0.5) is 4.39 Å². The SMILES string of the molecule is CC1CCCCO1.O=C1NC(=O)c2ccccc21.O=CN1CCc2ccccc2[C@@H]1c1ccc(F)cc1. The number of imide groups is 1. The summed E-state index contributed by atoms with van der Waals surface area (Å²) in [6.07, 6.45) is 6.18. The number of halogens is 1. The first-order valence-electron chi connectivity index (χ1n) is 12.6. The number of amides is 3. The van der Waals surface area contributed by atoms with Crippen molar-refractivity contribution in [2.75, 3.05) is 13.2 Å². The summed E-state index contributed by atoms with van der Waals surface area (Å²) in [5.41, 5.74) is 4.28. The molecule has 1 N–H and O–H groups in total. The molecule has 7 heteroatoms. The van der Waals surface area contributed by atoms with Gasteiger partial charge in [0.05, 0.1) is 23.3 Å². The molecule has 3 heterocycles. The number of ether oxygens (including phenoxy) is 1. The lowest BCUT2D eigenvalue weighted by Crippen LogP contribution is -2.34. The molecule has 192 valence electrons. The molecule has 1 saturated heterocycles. The molecule has 6 nitrogen and oxygen atoms in total. The van der Waals surface area contributed by atoms with Crippen LogP contribution in [-0.2, 0) is 16.0 Å². The molecule has 0 aliphatic carbocycles. The van der Waals surface area contributed by atoms with E-state index in [1.807, 2.05) is 18.2 Å². The van der Waals surface area contributed by atoms with Gasteiger partial charge in [0.25, 0.3) is 11.8 Å². The predicted octanol–water partition coefficient (Wildman–Crippen LogP) is 5.08. The van der Waals surface area contributed by atoms with Gasteiger partial charge in [-0.3, -0.25) is 19.7 Å². The third-order valence-electron chi connectivity index (χ3n) is 6.69. The van der Waals surface area contributed by atoms with Crippen molar-refractivity contribution in [3.8, 4) is 0 Å². The van der Waals surface area contributed by atoms with Crippen LogP contribution in [0.5, 0.6) is 0 Å². The minimum absolute atomic E-state index is 0.108. The molecule has 37 heavy (non-hydrogen) atoms. The zero-order valence-electron chi connectivity index (χ0n) is 20.9. The Kier molecular flexibility index (Phi) is 8.80. The van der Waals surface area contributed by atoms with Gasteiger partial charge in [-0.25, -0.2) is 4.39 Å². The third kappa shape index (κ3) is 6.49. The number of carbonyl (C=O) groups excluding carboxylic acids is 3. The number of hydrogen-bond donors (Lipinski definition) is 1. The van der Waals surface area contributed by atoms with Crippen LogP contribution in [-0.4, -0.2) is 42.4 Å². The van der Waals surface area contributed by atoms with Gasteiger partial charge in [0.1, 0.15) is 5.82 Å². The van der Waals surface area contributed by atoms with E-state index >= 15 is 0 Å². The van der Waals surface area contributed by atoms with Crippen LogP contribution in [0.25, 0.3) is 0 Å². The lowest BCUT2D eigenvalue weighted by Gasteiger charge is -2.35. The molecular weight excluding hydrogens is 471 g/mol. The molecule has 0 spiro atoms. The standard InChI is InChI=1S/C16H14FNO.C8H5NO2.C6H12O/c17-14-7-5-13(6-8-14)16-15-4-2-1-3-12(15)9-10-18(16)11-19;10-7-5-3-1-2-4-6(5)8(11)9-7;1-6-4-2-3-5-7-6/h1-8,11,16H,9-10H2;1-4H,(H,9,10,11);6H,2-5H2,1H3/t16-;;/m0../s1. The number of hydrogen-bond acceptors (Lipinski definition) is 4. The van der Waals surface area contributed by atoms with E-state index in [2.05, 4.69) is 18.3 Å². The Morgan fingerprint density at radius 3 is 2.14 bits per heavy atom. The summed E-state index contributed by atoms with van der Waals surface area (Å²) in [6.45, 7) is 3.82. The van der Waals surface area contributed by atoms with Crippen molar-refractivity contribution in [2.45, 2.75) is 44.8 Å². The summed E-state index contributed by atoms with van der Waals surface area (Å²) < 4.78 is 18.3. The quantitative estimate of drug-likeness (QED) is 0.392. The molecule has 1 fully saturated rings. The van der Waals surface area contributed by atoms with Crippen LogP contribution < -0.4 is 5.32 Å². The van der Waals surface area contributed by atoms with Gasteiger partial charge in [-0.05, 0) is 73.6 Å². The lowest BCUT2D eigenvalue weighted by molar-refractivity contribution is -0.119. The number of carbonyl (C=O) groups is 3. The largest absolute Gasteiger partial charge is 0.379 e. The van der Waals surface area contributed by atoms with Crippen LogP contribution >= 0.6 is 0 Å². The normalized spacial score (nSPS) is 19.8. The summed E-state index contributed by atoms with van der Waals surface area (Å²) in [4.78, 5) is 34.9. The molecule has 3 aliphatic heterocycles. The van der Waals surface area contributed by atoms with Crippen molar-refractivity contribution in [3.05, 3.63) is 106 Å². The third-order valence-corrected chi connectivity index (χ3v) is 6.69. The fraction of sp³-hybridized carbons (Fsp3) is 0.300. The Balaban J connectivity index is 0.000000149. The average molecular weight is 503 g/mol. The van der Waals surface area contributed by atoms with Crippen LogP contribution in [0.1, 0.15) is 69.6 Å². The number of fused-ring (bicyclic) bond motifs is 2. The van der Waals surface area contributed by atoms with Crippen LogP contribution in [0, 0.1) is 5.82 Å². The van der Waals surface area contributed by atoms with Crippen LogP contribution in [0.15, 0.2) is 72.8 Å². The molecule has 2 atom stereocenters. The smallest absolute Gasteiger partial charge is 0.258 e. The average Bonchev–Trinajstić information content (AvgIpc) is 3.23. The highest BCUT2D eigenvalue weighted by molar-refractivity contribution is 6.21. The first kappa shape index (κ1) is 26.2. The first-order chi connectivity index (χ1) is 18.0. The van der Waals surface area contributed by atoms with Crippen LogP contribution in [0.3, 0.4) is 0 Å². The van der Waals surface area contributed by atoms with Gasteiger partial charge in [-0.15, -0.1) is 0 Å². The van der Waals surface area contributed by atoms with E-state index in [1.54, 1.807) is 41.3 Å². The lowest BCUT2D eigenvalue weighted by atomic mass is 9.88. The van der Waals surface area contributed by atoms with Crippen molar-refractivity contribution >= 4 is 18.2 Å². The van der Waals surface area contributed by atoms with Gasteiger partial charge in [0, 0.05) is 13.2 Å². The Hall–Kier alpha value is -3.84. The molecule has 3 aliphatic rings. The van der Waals surface area contributed by atoms with E-state index in [0.29, 0.717) is 23.8 Å². The van der Waals surface area contributed by atoms with Gasteiger partial charge < -0.3 is 9.64 Å². The highest BCUT2D eigenvalue weighted by Crippen LogP contribution is 2.34. The zero-order chi connectivity index (χ0) is 26.2. The van der Waals surface area contributed by atoms with E-state index in [9.17, 15) is 18.8 Å². The topological polar surface area (TPSA) is 75.7 Å². The second-order valence-corrected chi connectivity index (χ2v) is 9.25. The summed E-state index contributed by atoms with van der Waals surface area (Å²) in [6, 6.07) is 21.1. The van der Waals surface area contributed by atoms with Crippen molar-refractivity contribution in [1.29, 1.82) is 0 Å². The highest BCUT2D eigenvalue weighted by atomic mass is 19.1. The van der Waals surface area contributed by atoms with E-state index in [1.165, 1.54) is 37.0 Å². The molecule has 6 rings (SSSR count). The Bertz CT molecular complexity index is 1210. The van der Waals surface area contributed by atoms with Crippen molar-refractivity contribution in [2.24, 2.45) is 0 Å². The molecule has 0 aromatic heterocycles. The monoisotopic (exact) mass is 502 g/mol. The second-order valence-electron chi connectivity index (χ2n) is 9.25. The molecule has 3 aromatic rings. The maximum atomic E-state index is 13.0. The molecule has 3 aromatic carbocycles. The van der Waals surface area contributed by atoms with E-state index in [-0.39, 0.29) is 23.7 Å². The number of nitrogens with one attached hydrogen (secondary N) is 1. The first-order valence-corrected chi connectivity index (χ1v) is 12.6. The van der Waals surface area contributed by atoms with Gasteiger partial charge in [-0.2, -0.15) is 0 Å². The van der Waals surface area contributed by atoms with Gasteiger partial charge >= 0.3 is 0 Å². The maximum absolute atomic E-state index is 13.0. The highest BCUT2D eigenvalue weighted by Gasteiger charge is 2.27. The molecular formula is C30H31FN2O4. The van der Waals surface area contributed by atoms with E-state index in [0.717, 1.165) is 30.6 Å². The Labute approximate surface area is 216 Å². The van der Waals surface area contributed by atoms with E-state index < -0.39 is 0 Å². The molecule has 0 saturated carbocycles. The Morgan fingerprint density at radius 2 is 1.57 bits per heavy atom. The van der Waals surface area contributed by atoms with Gasteiger partial charge in [-0.1, -0.05) is 48.5 Å². The van der Waals surface area contributed by atoms with Crippen molar-refractivity contribution in [1.82, 2.24) is 10.2 Å². The molecule has 3 amide bonds. The summed E-state index contributed by atoms with van der Waals surface area (Å²) in [5, 5.41) is 2.20. The summed E-state index contributed by atoms with van der Waals surface area (Å²) in [7, 11) is 0. The summed E-state index contributed by atoms with van der Waals surface area (Å²) >= 11 is 0. The number of rotatable bonds is 2. The summed E-state index contributed by atoms with van der Waals surface area (Å²) in [5.74, 6) is -0.860. The second kappa shape index (κ2) is 12.4. The maximum Gasteiger partial charge on any atom is 0.258 e. The minimum Gasteiger partial charge on any atom is -0.379 e. The number of benzene rings is 3. The van der Waals surface area contributed by atoms with Gasteiger partial charge in [0.2, 0.25) is 6.41 Å².